The predicted octanol–water partition coefficient (Wildman–Crippen LogP) is 4.72. The SMILES string of the molecule is C[C@H]1CCOc2c(cnn2C)-c2nccc(n2)Nc2cc(c(-c3cc4ccccc4n3C)cn2)O1. The molecule has 5 aromatic rings. The van der Waals surface area contributed by atoms with Gasteiger partial charge in [-0.05, 0) is 25.1 Å². The maximum atomic E-state index is 6.46. The molecule has 1 aliphatic heterocycles. The Morgan fingerprint density at radius 3 is 2.77 bits per heavy atom. The minimum atomic E-state index is -0.0904. The van der Waals surface area contributed by atoms with Crippen molar-refractivity contribution < 1.29 is 9.47 Å². The van der Waals surface area contributed by atoms with Gasteiger partial charge in [-0.3, -0.25) is 0 Å². The fourth-order valence-electron chi connectivity index (χ4n) is 4.38. The highest BCUT2D eigenvalue weighted by atomic mass is 16.5. The van der Waals surface area contributed by atoms with Gasteiger partial charge in [0.25, 0.3) is 0 Å². The molecule has 0 aliphatic carbocycles. The standard InChI is InChI=1S/C26H25N7O2/c1-16-9-11-34-26-19(15-29-33(26)3)25-27-10-8-23(31-25)30-24-13-22(35-16)18(14-28-24)21-12-17-6-4-5-7-20(17)32(21)2/h4-8,10,12-16H,9,11H2,1-3H3,(H,27,28,30,31)/t16-/m0/s1. The molecular weight excluding hydrogens is 442 g/mol. The Bertz CT molecular complexity index is 1540. The molecule has 1 aliphatic rings. The summed E-state index contributed by atoms with van der Waals surface area (Å²) in [5, 5.41) is 8.80. The van der Waals surface area contributed by atoms with Crippen molar-refractivity contribution in [2.24, 2.45) is 14.1 Å². The van der Waals surface area contributed by atoms with Crippen LogP contribution in [0.1, 0.15) is 13.3 Å². The maximum Gasteiger partial charge on any atom is 0.222 e. The second-order valence-electron chi connectivity index (χ2n) is 8.66. The van der Waals surface area contributed by atoms with E-state index in [1.165, 1.54) is 5.39 Å². The predicted molar refractivity (Wildman–Crippen MR) is 134 cm³/mol. The summed E-state index contributed by atoms with van der Waals surface area (Å²) in [6, 6.07) is 14.2. The van der Waals surface area contributed by atoms with Gasteiger partial charge in [0.15, 0.2) is 5.82 Å². The molecule has 1 N–H and O–H groups in total. The van der Waals surface area contributed by atoms with E-state index < -0.39 is 0 Å². The van der Waals surface area contributed by atoms with Crippen LogP contribution in [0.3, 0.4) is 0 Å². The lowest BCUT2D eigenvalue weighted by molar-refractivity contribution is 0.173. The molecule has 0 spiro atoms. The summed E-state index contributed by atoms with van der Waals surface area (Å²) in [5.41, 5.74) is 3.85. The van der Waals surface area contributed by atoms with Crippen molar-refractivity contribution in [2.45, 2.75) is 19.4 Å². The Kier molecular flexibility index (Phi) is 5.09. The first-order valence-electron chi connectivity index (χ1n) is 11.5. The van der Waals surface area contributed by atoms with Gasteiger partial charge in [-0.1, -0.05) is 18.2 Å². The normalized spacial score (nSPS) is 15.5. The van der Waals surface area contributed by atoms with E-state index in [1.807, 2.05) is 38.4 Å². The summed E-state index contributed by atoms with van der Waals surface area (Å²) in [6.45, 7) is 2.51. The molecule has 5 heterocycles. The number of hydrogen-bond donors (Lipinski definition) is 1. The lowest BCUT2D eigenvalue weighted by Crippen LogP contribution is -2.17. The molecule has 4 aromatic heterocycles. The van der Waals surface area contributed by atoms with Gasteiger partial charge in [0.05, 0.1) is 30.2 Å². The van der Waals surface area contributed by atoms with Crippen molar-refractivity contribution >= 4 is 22.5 Å². The van der Waals surface area contributed by atoms with Gasteiger partial charge >= 0.3 is 0 Å². The van der Waals surface area contributed by atoms with Gasteiger partial charge in [-0.25, -0.2) is 19.6 Å². The number of para-hydroxylation sites is 1. The number of pyridine rings is 1. The second-order valence-corrected chi connectivity index (χ2v) is 8.66. The molecular formula is C26H25N7O2. The maximum absolute atomic E-state index is 6.46. The van der Waals surface area contributed by atoms with E-state index in [4.69, 9.17) is 9.47 Å². The van der Waals surface area contributed by atoms with Crippen LogP contribution in [0.25, 0.3) is 33.5 Å². The fraction of sp³-hybridized carbons (Fsp3) is 0.231. The molecule has 9 heteroatoms. The molecule has 1 atom stereocenters. The topological polar surface area (TPSA) is 91.9 Å². The quantitative estimate of drug-likeness (QED) is 0.381. The zero-order chi connectivity index (χ0) is 23.9. The Balaban J connectivity index is 1.45. The average molecular weight is 468 g/mol. The van der Waals surface area contributed by atoms with Gasteiger partial charge in [-0.15, -0.1) is 0 Å². The van der Waals surface area contributed by atoms with E-state index in [-0.39, 0.29) is 6.10 Å². The first-order chi connectivity index (χ1) is 17.1. The lowest BCUT2D eigenvalue weighted by Gasteiger charge is -2.20. The van der Waals surface area contributed by atoms with Gasteiger partial charge in [0.2, 0.25) is 5.88 Å². The summed E-state index contributed by atoms with van der Waals surface area (Å²) >= 11 is 0. The van der Waals surface area contributed by atoms with Crippen molar-refractivity contribution in [3.8, 4) is 34.3 Å². The zero-order valence-corrected chi connectivity index (χ0v) is 19.8. The molecule has 176 valence electrons. The largest absolute Gasteiger partial charge is 0.490 e. The van der Waals surface area contributed by atoms with E-state index in [9.17, 15) is 0 Å². The Hall–Kier alpha value is -4.40. The molecule has 0 unspecified atom stereocenters. The highest BCUT2D eigenvalue weighted by Gasteiger charge is 2.19. The number of benzene rings is 1. The molecule has 1 aromatic carbocycles. The molecule has 0 saturated carbocycles. The van der Waals surface area contributed by atoms with Gasteiger partial charge in [0, 0.05) is 49.9 Å². The summed E-state index contributed by atoms with van der Waals surface area (Å²) in [7, 11) is 3.90. The monoisotopic (exact) mass is 467 g/mol. The third kappa shape index (κ3) is 3.84. The van der Waals surface area contributed by atoms with Crippen LogP contribution in [0.15, 0.2) is 61.1 Å². The van der Waals surface area contributed by atoms with Gasteiger partial charge in [0.1, 0.15) is 22.9 Å². The first-order valence-corrected chi connectivity index (χ1v) is 11.5. The van der Waals surface area contributed by atoms with Crippen molar-refractivity contribution in [2.75, 3.05) is 11.9 Å². The van der Waals surface area contributed by atoms with Gasteiger partial charge < -0.3 is 19.4 Å². The smallest absolute Gasteiger partial charge is 0.222 e. The van der Waals surface area contributed by atoms with E-state index in [0.717, 1.165) is 28.1 Å². The van der Waals surface area contributed by atoms with Crippen LogP contribution in [-0.4, -0.2) is 42.0 Å². The molecule has 0 radical (unpaired) electrons. The molecule has 0 fully saturated rings. The van der Waals surface area contributed by atoms with Gasteiger partial charge in [-0.2, -0.15) is 5.10 Å². The zero-order valence-electron chi connectivity index (χ0n) is 19.8. The number of aromatic nitrogens is 6. The lowest BCUT2D eigenvalue weighted by atomic mass is 10.1. The molecule has 0 amide bonds. The van der Waals surface area contributed by atoms with Crippen molar-refractivity contribution in [1.29, 1.82) is 0 Å². The van der Waals surface area contributed by atoms with Crippen LogP contribution in [-0.2, 0) is 14.1 Å². The van der Waals surface area contributed by atoms with E-state index >= 15 is 0 Å². The molecule has 9 nitrogen and oxygen atoms in total. The summed E-state index contributed by atoms with van der Waals surface area (Å²) in [6.07, 6.45) is 5.87. The average Bonchev–Trinajstić information content (AvgIpc) is 3.39. The first kappa shape index (κ1) is 21.2. The number of hydrogen-bond acceptors (Lipinski definition) is 7. The van der Waals surface area contributed by atoms with Crippen molar-refractivity contribution in [1.82, 2.24) is 29.3 Å². The third-order valence-electron chi connectivity index (χ3n) is 6.22. The number of nitrogens with one attached hydrogen (secondary N) is 1. The third-order valence-corrected chi connectivity index (χ3v) is 6.22. The van der Waals surface area contributed by atoms with E-state index in [1.54, 1.807) is 23.1 Å². The van der Waals surface area contributed by atoms with E-state index in [0.29, 0.717) is 36.4 Å². The highest BCUT2D eigenvalue weighted by molar-refractivity contribution is 5.88. The van der Waals surface area contributed by atoms with Crippen LogP contribution >= 0.6 is 0 Å². The summed E-state index contributed by atoms with van der Waals surface area (Å²) in [4.78, 5) is 13.8. The molecule has 0 saturated heterocycles. The highest BCUT2D eigenvalue weighted by Crippen LogP contribution is 2.36. The van der Waals surface area contributed by atoms with Crippen molar-refractivity contribution in [3.05, 3.63) is 61.1 Å². The Morgan fingerprint density at radius 2 is 1.89 bits per heavy atom. The number of aryl methyl sites for hydroxylation is 2. The van der Waals surface area contributed by atoms with Crippen LogP contribution in [0.2, 0.25) is 0 Å². The Morgan fingerprint density at radius 1 is 1.00 bits per heavy atom. The number of fused-ring (bicyclic) bond motifs is 7. The number of ether oxygens (including phenoxy) is 2. The second kappa shape index (κ2) is 8.43. The molecule has 6 rings (SSSR count). The minimum absolute atomic E-state index is 0.0904. The number of rotatable bonds is 1. The van der Waals surface area contributed by atoms with Crippen molar-refractivity contribution in [3.63, 3.8) is 0 Å². The molecule has 35 heavy (non-hydrogen) atoms. The molecule has 4 bridgehead atoms. The summed E-state index contributed by atoms with van der Waals surface area (Å²) in [5.74, 6) is 3.16. The fourth-order valence-corrected chi connectivity index (χ4v) is 4.38. The van der Waals surface area contributed by atoms with Crippen LogP contribution < -0.4 is 14.8 Å². The summed E-state index contributed by atoms with van der Waals surface area (Å²) < 4.78 is 16.4. The van der Waals surface area contributed by atoms with Crippen LogP contribution in [0, 0.1) is 0 Å². The minimum Gasteiger partial charge on any atom is -0.490 e. The number of nitrogens with zero attached hydrogens (tertiary/aromatic N) is 6. The number of anilines is 2. The van der Waals surface area contributed by atoms with Crippen LogP contribution in [0.5, 0.6) is 11.6 Å². The van der Waals surface area contributed by atoms with E-state index in [2.05, 4.69) is 55.2 Å². The van der Waals surface area contributed by atoms with Crippen LogP contribution in [0.4, 0.5) is 11.6 Å². The Labute approximate surface area is 202 Å².